The van der Waals surface area contributed by atoms with Gasteiger partial charge >= 0.3 is 5.92 Å². The van der Waals surface area contributed by atoms with Gasteiger partial charge in [0.1, 0.15) is 29.2 Å². The van der Waals surface area contributed by atoms with Gasteiger partial charge in [-0.3, -0.25) is 9.99 Å². The molecule has 0 bridgehead atoms. The van der Waals surface area contributed by atoms with Gasteiger partial charge < -0.3 is 16.3 Å². The van der Waals surface area contributed by atoms with Crippen molar-refractivity contribution in [1.82, 2.24) is 9.99 Å². The molecule has 176 valence electrons. The van der Waals surface area contributed by atoms with E-state index >= 15 is 8.78 Å². The zero-order valence-corrected chi connectivity index (χ0v) is 18.1. The second-order valence-electron chi connectivity index (χ2n) is 6.44. The van der Waals surface area contributed by atoms with E-state index in [1.54, 1.807) is 12.2 Å². The summed E-state index contributed by atoms with van der Waals surface area (Å²) in [4.78, 5) is 3.78. The van der Waals surface area contributed by atoms with Gasteiger partial charge in [-0.1, -0.05) is 38.1 Å². The van der Waals surface area contributed by atoms with Gasteiger partial charge in [0, 0.05) is 24.9 Å². The zero-order chi connectivity index (χ0) is 24.4. The van der Waals surface area contributed by atoms with Gasteiger partial charge in [0.25, 0.3) is 0 Å². The highest BCUT2D eigenvalue weighted by molar-refractivity contribution is 5.54. The van der Waals surface area contributed by atoms with Crippen molar-refractivity contribution >= 4 is 12.4 Å². The van der Waals surface area contributed by atoms with Crippen LogP contribution in [-0.2, 0) is 16.2 Å². The van der Waals surface area contributed by atoms with Crippen LogP contribution in [0.5, 0.6) is 0 Å². The second-order valence-corrected chi connectivity index (χ2v) is 6.44. The summed E-state index contributed by atoms with van der Waals surface area (Å²) in [7, 11) is 1.51. The molecule has 0 saturated heterocycles. The van der Waals surface area contributed by atoms with Gasteiger partial charge in [-0.15, -0.1) is 0 Å². The number of pyridine rings is 1. The Kier molecular flexibility index (Phi) is 10.2. The maximum atomic E-state index is 15.6. The Morgan fingerprint density at radius 3 is 2.41 bits per heavy atom. The molecule has 1 atom stereocenters. The molecular formula is C21H28F4N6O. The summed E-state index contributed by atoms with van der Waals surface area (Å²) in [5.41, 5.74) is 2.47. The van der Waals surface area contributed by atoms with Gasteiger partial charge in [0.05, 0.1) is 13.2 Å². The fourth-order valence-electron chi connectivity index (χ4n) is 2.82. The van der Waals surface area contributed by atoms with E-state index in [9.17, 15) is 8.78 Å². The predicted octanol–water partition coefficient (Wildman–Crippen LogP) is 3.07. The van der Waals surface area contributed by atoms with Crippen LogP contribution in [0.1, 0.15) is 30.7 Å². The number of benzene rings is 1. The SMILES string of the molecule is CC.COC/C=C\c1ccc(C(F)(F)C(N)(CN(N)/C=N\N)c2ccc(F)cc2F)nc1. The summed E-state index contributed by atoms with van der Waals surface area (Å²) in [6.45, 7) is 3.53. The van der Waals surface area contributed by atoms with Crippen LogP contribution in [-0.4, -0.2) is 36.6 Å². The average molecular weight is 456 g/mol. The van der Waals surface area contributed by atoms with Crippen LogP contribution in [0, 0.1) is 11.6 Å². The first-order valence-corrected chi connectivity index (χ1v) is 9.64. The molecule has 11 heteroatoms. The molecule has 2 rings (SSSR count). The highest BCUT2D eigenvalue weighted by Crippen LogP contribution is 2.44. The van der Waals surface area contributed by atoms with E-state index in [0.29, 0.717) is 23.2 Å². The summed E-state index contributed by atoms with van der Waals surface area (Å²) < 4.78 is 63.8. The number of methoxy groups -OCH3 is 1. The van der Waals surface area contributed by atoms with Gasteiger partial charge in [0.15, 0.2) is 0 Å². The van der Waals surface area contributed by atoms with Crippen LogP contribution in [0.3, 0.4) is 0 Å². The van der Waals surface area contributed by atoms with E-state index < -0.39 is 40.9 Å². The van der Waals surface area contributed by atoms with Crippen molar-refractivity contribution in [3.8, 4) is 0 Å². The van der Waals surface area contributed by atoms with Gasteiger partial charge in [-0.2, -0.15) is 13.9 Å². The summed E-state index contributed by atoms with van der Waals surface area (Å²) in [5, 5.41) is 3.82. The van der Waals surface area contributed by atoms with Crippen LogP contribution in [0.15, 0.2) is 47.7 Å². The molecule has 0 amide bonds. The van der Waals surface area contributed by atoms with E-state index in [2.05, 4.69) is 10.1 Å². The first-order valence-electron chi connectivity index (χ1n) is 9.64. The van der Waals surface area contributed by atoms with Gasteiger partial charge in [0.2, 0.25) is 0 Å². The molecule has 1 aromatic carbocycles. The minimum absolute atomic E-state index is 0.336. The second kappa shape index (κ2) is 12.1. The smallest absolute Gasteiger partial charge is 0.313 e. The summed E-state index contributed by atoms with van der Waals surface area (Å²) in [5.74, 6) is 4.48. The maximum absolute atomic E-state index is 15.6. The zero-order valence-electron chi connectivity index (χ0n) is 18.1. The number of aromatic nitrogens is 1. The number of alkyl halides is 2. The monoisotopic (exact) mass is 456 g/mol. The Hall–Kier alpha value is -3.02. The minimum atomic E-state index is -3.92. The molecule has 0 aliphatic rings. The number of hydrogen-bond acceptors (Lipinski definition) is 6. The molecule has 32 heavy (non-hydrogen) atoms. The molecule has 0 spiro atoms. The van der Waals surface area contributed by atoms with E-state index in [1.807, 2.05) is 13.8 Å². The number of nitrogens with zero attached hydrogens (tertiary/aromatic N) is 3. The summed E-state index contributed by atoms with van der Waals surface area (Å²) >= 11 is 0. The lowest BCUT2D eigenvalue weighted by molar-refractivity contribution is -0.0964. The minimum Gasteiger partial charge on any atom is -0.381 e. The molecule has 0 aliphatic carbocycles. The standard InChI is InChI=1S/C19H22F4N6O.C2H6/c1-30-8-2-3-13-4-7-17(27-10-13)19(22,23)18(24,11-29(26)12-28-25)15-6-5-14(20)9-16(15)21;1-2/h2-7,9-10,12H,8,11,24-26H2,1H3;1-2H3/b3-2-,28-12-;. The Balaban J connectivity index is 0.00000249. The highest BCUT2D eigenvalue weighted by atomic mass is 19.3. The van der Waals surface area contributed by atoms with Crippen molar-refractivity contribution in [3.05, 3.63) is 71.1 Å². The molecule has 1 aromatic heterocycles. The number of rotatable bonds is 9. The molecule has 1 heterocycles. The lowest BCUT2D eigenvalue weighted by Gasteiger charge is -2.39. The van der Waals surface area contributed by atoms with Crippen molar-refractivity contribution < 1.29 is 22.3 Å². The Labute approximate surface area is 184 Å². The Morgan fingerprint density at radius 1 is 1.19 bits per heavy atom. The Bertz CT molecular complexity index is 908. The van der Waals surface area contributed by atoms with Crippen LogP contribution < -0.4 is 17.4 Å². The van der Waals surface area contributed by atoms with Crippen molar-refractivity contribution in [3.63, 3.8) is 0 Å². The van der Waals surface area contributed by atoms with E-state index in [0.717, 1.165) is 24.5 Å². The molecule has 7 nitrogen and oxygen atoms in total. The first-order chi connectivity index (χ1) is 15.2. The van der Waals surface area contributed by atoms with Crippen molar-refractivity contribution in [2.24, 2.45) is 22.5 Å². The lowest BCUT2D eigenvalue weighted by atomic mass is 9.81. The normalized spacial score (nSPS) is 13.7. The number of halogens is 4. The molecule has 0 fully saturated rings. The molecular weight excluding hydrogens is 428 g/mol. The fourth-order valence-corrected chi connectivity index (χ4v) is 2.82. The molecule has 2 aromatic rings. The average Bonchev–Trinajstić information content (AvgIpc) is 2.75. The van der Waals surface area contributed by atoms with Crippen molar-refractivity contribution in [2.75, 3.05) is 20.3 Å². The topological polar surface area (TPSA) is 116 Å². The number of nitrogens with two attached hydrogens (primary N) is 3. The van der Waals surface area contributed by atoms with Gasteiger partial charge in [-0.05, 0) is 17.7 Å². The molecule has 0 saturated carbocycles. The Morgan fingerprint density at radius 2 is 1.88 bits per heavy atom. The molecule has 1 unspecified atom stereocenters. The fraction of sp³-hybridized carbons (Fsp3) is 0.333. The van der Waals surface area contributed by atoms with E-state index in [1.165, 1.54) is 19.4 Å². The third kappa shape index (κ3) is 6.25. The molecule has 0 aliphatic heterocycles. The van der Waals surface area contributed by atoms with Crippen molar-refractivity contribution in [2.45, 2.75) is 25.3 Å². The lowest BCUT2D eigenvalue weighted by Crippen LogP contribution is -2.59. The van der Waals surface area contributed by atoms with Gasteiger partial charge in [-0.25, -0.2) is 14.6 Å². The van der Waals surface area contributed by atoms with Crippen LogP contribution in [0.2, 0.25) is 0 Å². The largest absolute Gasteiger partial charge is 0.381 e. The predicted molar refractivity (Wildman–Crippen MR) is 116 cm³/mol. The number of ether oxygens (including phenoxy) is 1. The third-order valence-electron chi connectivity index (χ3n) is 4.30. The highest BCUT2D eigenvalue weighted by Gasteiger charge is 2.56. The molecule has 0 radical (unpaired) electrons. The van der Waals surface area contributed by atoms with Crippen LogP contribution >= 0.6 is 0 Å². The van der Waals surface area contributed by atoms with E-state index in [-0.39, 0.29) is 0 Å². The van der Waals surface area contributed by atoms with Crippen LogP contribution in [0.4, 0.5) is 17.6 Å². The number of hydrazone groups is 1. The summed E-state index contributed by atoms with van der Waals surface area (Å²) in [6.07, 6.45) is 5.36. The van der Waals surface area contributed by atoms with E-state index in [4.69, 9.17) is 22.2 Å². The number of hydrogen-bond donors (Lipinski definition) is 3. The third-order valence-corrected chi connectivity index (χ3v) is 4.30. The quantitative estimate of drug-likeness (QED) is 0.176. The van der Waals surface area contributed by atoms with Crippen molar-refractivity contribution in [1.29, 1.82) is 0 Å². The first kappa shape index (κ1) is 27.0. The maximum Gasteiger partial charge on any atom is 0.313 e. The number of hydrazine groups is 1. The molecule has 6 N–H and O–H groups in total. The summed E-state index contributed by atoms with van der Waals surface area (Å²) in [6, 6.07) is 4.58. The van der Waals surface area contributed by atoms with Crippen LogP contribution in [0.25, 0.3) is 6.08 Å².